The van der Waals surface area contributed by atoms with Crippen LogP contribution in [-0.2, 0) is 33.4 Å². The largest absolute Gasteiger partial charge is 0.458 e. The van der Waals surface area contributed by atoms with Crippen molar-refractivity contribution in [3.63, 3.8) is 0 Å². The van der Waals surface area contributed by atoms with Gasteiger partial charge in [-0.2, -0.15) is 0 Å². The summed E-state index contributed by atoms with van der Waals surface area (Å²) in [6, 6.07) is -0.0543. The second-order valence-electron chi connectivity index (χ2n) is 9.75. The third kappa shape index (κ3) is 18.2. The molecule has 42 heavy (non-hydrogen) atoms. The normalized spacial score (nSPS) is 27.5. The zero-order valence-electron chi connectivity index (χ0n) is 25.4. The fourth-order valence-corrected chi connectivity index (χ4v) is 3.87. The van der Waals surface area contributed by atoms with E-state index in [0.717, 1.165) is 24.8 Å². The summed E-state index contributed by atoms with van der Waals surface area (Å²) in [5, 5.41) is 3.05. The van der Waals surface area contributed by atoms with Crippen molar-refractivity contribution in [2.24, 2.45) is 0 Å². The number of amides is 1. The van der Waals surface area contributed by atoms with Crippen LogP contribution in [0.1, 0.15) is 66.7 Å². The highest BCUT2D eigenvalue weighted by Crippen LogP contribution is 2.17. The van der Waals surface area contributed by atoms with Crippen molar-refractivity contribution in [3.05, 3.63) is 96.7 Å². The van der Waals surface area contributed by atoms with Crippen LogP contribution >= 0.6 is 0 Å². The molecule has 228 valence electrons. The van der Waals surface area contributed by atoms with E-state index in [-0.39, 0.29) is 18.4 Å². The van der Waals surface area contributed by atoms with E-state index in [1.807, 2.05) is 37.3 Å². The van der Waals surface area contributed by atoms with Gasteiger partial charge in [0, 0.05) is 39.3 Å². The lowest BCUT2D eigenvalue weighted by molar-refractivity contribution is -0.165. The van der Waals surface area contributed by atoms with Crippen LogP contribution in [0.4, 0.5) is 0 Å². The first-order valence-corrected chi connectivity index (χ1v) is 14.3. The molecule has 0 bridgehead atoms. The van der Waals surface area contributed by atoms with Gasteiger partial charge in [-0.05, 0) is 38.3 Å². The summed E-state index contributed by atoms with van der Waals surface area (Å²) in [7, 11) is 0. The number of hydrogen-bond donors (Lipinski definition) is 1. The third-order valence-electron chi connectivity index (χ3n) is 5.75. The zero-order valence-corrected chi connectivity index (χ0v) is 25.4. The summed E-state index contributed by atoms with van der Waals surface area (Å²) in [4.78, 5) is 48.1. The van der Waals surface area contributed by atoms with Gasteiger partial charge >= 0.3 is 17.9 Å². The topological polar surface area (TPSA) is 108 Å². The lowest BCUT2D eigenvalue weighted by Crippen LogP contribution is -2.36. The van der Waals surface area contributed by atoms with E-state index in [0.29, 0.717) is 6.42 Å². The number of nitrogens with one attached hydrogen (secondary N) is 1. The van der Waals surface area contributed by atoms with Crippen molar-refractivity contribution >= 4 is 23.8 Å². The van der Waals surface area contributed by atoms with Gasteiger partial charge in [0.25, 0.3) is 0 Å². The molecular formula is C34H45NO7. The van der Waals surface area contributed by atoms with Gasteiger partial charge in [0.1, 0.15) is 12.2 Å². The molecule has 0 fully saturated rings. The fraction of sp³-hybridized carbons (Fsp3) is 0.412. The fourth-order valence-electron chi connectivity index (χ4n) is 3.87. The molecule has 4 atom stereocenters. The molecule has 0 aromatic rings. The second kappa shape index (κ2) is 21.5. The smallest absolute Gasteiger partial charge is 0.303 e. The minimum atomic E-state index is -0.943. The summed E-state index contributed by atoms with van der Waals surface area (Å²) < 4.78 is 16.3. The van der Waals surface area contributed by atoms with E-state index in [4.69, 9.17) is 14.2 Å². The molecule has 0 aromatic carbocycles. The number of ether oxygens (including phenoxy) is 3. The number of carbonyl (C=O) groups is 4. The molecule has 1 rings (SSSR count). The summed E-state index contributed by atoms with van der Waals surface area (Å²) in [5.41, 5.74) is 0.984. The Hall–Kier alpha value is -4.20. The van der Waals surface area contributed by atoms with E-state index < -0.39 is 36.2 Å². The highest BCUT2D eigenvalue weighted by molar-refractivity contribution is 5.88. The van der Waals surface area contributed by atoms with Gasteiger partial charge in [-0.25, -0.2) is 0 Å². The van der Waals surface area contributed by atoms with E-state index in [1.165, 1.54) is 26.8 Å². The van der Waals surface area contributed by atoms with Crippen LogP contribution in [0, 0.1) is 0 Å². The summed E-state index contributed by atoms with van der Waals surface area (Å²) in [6.45, 7) is 7.87. The Kier molecular flexibility index (Phi) is 18.4. The van der Waals surface area contributed by atoms with E-state index >= 15 is 0 Å². The van der Waals surface area contributed by atoms with Crippen molar-refractivity contribution in [3.8, 4) is 0 Å². The van der Waals surface area contributed by atoms with E-state index in [2.05, 4.69) is 24.4 Å². The number of allylic oxidation sites excluding steroid dienone is 11. The van der Waals surface area contributed by atoms with Gasteiger partial charge in [-0.1, -0.05) is 91.8 Å². The standard InChI is InChI=1S/C34H45NO7/c1-6-7-8-11-20-30-21-16-14-18-26(2)19-15-17-22-31(40-27(3)36)25-33(42-29(5)38)32(41-28(4)37)23-12-9-10-13-24-34(39)35-30/h8-19,22-24,30-33H,6-7,20-21,25H2,1-5H3,(H,35,39)/b10-9+,11-8+,16-14+,19-15+,22-17-,23-12+,24-13?,26-18+. The van der Waals surface area contributed by atoms with Crippen molar-refractivity contribution < 1.29 is 33.4 Å². The van der Waals surface area contributed by atoms with Gasteiger partial charge in [-0.3, -0.25) is 19.2 Å². The van der Waals surface area contributed by atoms with Crippen molar-refractivity contribution in [2.75, 3.05) is 0 Å². The monoisotopic (exact) mass is 579 g/mol. The average molecular weight is 580 g/mol. The molecular weight excluding hydrogens is 534 g/mol. The molecule has 1 aliphatic heterocycles. The van der Waals surface area contributed by atoms with Crippen LogP contribution in [0.2, 0.25) is 0 Å². The highest BCUT2D eigenvalue weighted by atomic mass is 16.6. The zero-order chi connectivity index (χ0) is 31.2. The molecule has 1 amide bonds. The molecule has 0 aliphatic carbocycles. The van der Waals surface area contributed by atoms with E-state index in [1.54, 1.807) is 42.5 Å². The van der Waals surface area contributed by atoms with Crippen LogP contribution in [0.15, 0.2) is 96.7 Å². The van der Waals surface area contributed by atoms with Crippen molar-refractivity contribution in [1.29, 1.82) is 0 Å². The Morgan fingerprint density at radius 1 is 0.857 bits per heavy atom. The quantitative estimate of drug-likeness (QED) is 0.221. The molecule has 8 nitrogen and oxygen atoms in total. The first kappa shape index (κ1) is 35.8. The van der Waals surface area contributed by atoms with Gasteiger partial charge in [0.2, 0.25) is 5.91 Å². The molecule has 0 saturated carbocycles. The van der Waals surface area contributed by atoms with Crippen LogP contribution in [0.25, 0.3) is 0 Å². The predicted molar refractivity (Wildman–Crippen MR) is 165 cm³/mol. The number of esters is 3. The molecule has 0 saturated heterocycles. The molecule has 0 radical (unpaired) electrons. The number of rotatable bonds is 7. The Bertz CT molecular complexity index is 1120. The minimum Gasteiger partial charge on any atom is -0.458 e. The Balaban J connectivity index is 3.37. The van der Waals surface area contributed by atoms with Gasteiger partial charge in [-0.15, -0.1) is 0 Å². The maximum atomic E-state index is 12.5. The van der Waals surface area contributed by atoms with Crippen LogP contribution < -0.4 is 5.32 Å². The van der Waals surface area contributed by atoms with E-state index in [9.17, 15) is 19.2 Å². The Morgan fingerprint density at radius 3 is 2.21 bits per heavy atom. The molecule has 0 spiro atoms. The molecule has 1 N–H and O–H groups in total. The van der Waals surface area contributed by atoms with Crippen LogP contribution in [0.5, 0.6) is 0 Å². The second-order valence-corrected chi connectivity index (χ2v) is 9.75. The lowest BCUT2D eigenvalue weighted by Gasteiger charge is -2.26. The predicted octanol–water partition coefficient (Wildman–Crippen LogP) is 6.09. The van der Waals surface area contributed by atoms with Gasteiger partial charge < -0.3 is 19.5 Å². The number of carbonyl (C=O) groups excluding carboxylic acids is 4. The number of unbranched alkanes of at least 4 members (excludes halogenated alkanes) is 1. The van der Waals surface area contributed by atoms with Crippen molar-refractivity contribution in [2.45, 2.75) is 91.1 Å². The highest BCUT2D eigenvalue weighted by Gasteiger charge is 2.28. The first-order valence-electron chi connectivity index (χ1n) is 14.3. The minimum absolute atomic E-state index is 0.0543. The Morgan fingerprint density at radius 2 is 1.52 bits per heavy atom. The molecule has 4 unspecified atom stereocenters. The summed E-state index contributed by atoms with van der Waals surface area (Å²) in [5.74, 6) is -1.86. The van der Waals surface area contributed by atoms with Crippen molar-refractivity contribution in [1.82, 2.24) is 5.32 Å². The summed E-state index contributed by atoms with van der Waals surface area (Å²) >= 11 is 0. The Labute approximate surface area is 250 Å². The summed E-state index contributed by atoms with van der Waals surface area (Å²) in [6.07, 6.45) is 27.8. The first-order chi connectivity index (χ1) is 20.1. The SMILES string of the molecule is CCC/C=C/CC1C/C=C/C=C(C)/C=C/C=C\C(OC(C)=O)CC(OC(C)=O)C(OC(C)=O)/C=C/C=C/C=CC(=O)N1. The van der Waals surface area contributed by atoms with Gasteiger partial charge in [0.15, 0.2) is 6.10 Å². The molecule has 8 heteroatoms. The lowest BCUT2D eigenvalue weighted by atomic mass is 10.0. The number of hydrogen-bond acceptors (Lipinski definition) is 7. The average Bonchev–Trinajstić information content (AvgIpc) is 2.90. The van der Waals surface area contributed by atoms with Crippen LogP contribution in [-0.4, -0.2) is 48.2 Å². The molecule has 1 aliphatic rings. The van der Waals surface area contributed by atoms with Gasteiger partial charge in [0.05, 0.1) is 0 Å². The third-order valence-corrected chi connectivity index (χ3v) is 5.75. The molecule has 1 heterocycles. The maximum absolute atomic E-state index is 12.5. The maximum Gasteiger partial charge on any atom is 0.303 e. The van der Waals surface area contributed by atoms with Crippen LogP contribution in [0.3, 0.4) is 0 Å². The molecule has 0 aromatic heterocycles.